The lowest BCUT2D eigenvalue weighted by molar-refractivity contribution is -0.122. The number of hydrogen-bond donors (Lipinski definition) is 1. The van der Waals surface area contributed by atoms with Crippen LogP contribution in [0, 0.1) is 0 Å². The number of nitrogens with one attached hydrogen (secondary N) is 1. The Kier molecular flexibility index (Phi) is 5.69. The van der Waals surface area contributed by atoms with Crippen LogP contribution in [0.3, 0.4) is 0 Å². The molecule has 1 atom stereocenters. The van der Waals surface area contributed by atoms with E-state index in [2.05, 4.69) is 34.5 Å². The van der Waals surface area contributed by atoms with E-state index in [1.807, 2.05) is 54.6 Å². The highest BCUT2D eigenvalue weighted by molar-refractivity contribution is 5.89. The topological polar surface area (TPSA) is 50.8 Å². The summed E-state index contributed by atoms with van der Waals surface area (Å²) in [5.41, 5.74) is 3.01. The second-order valence-electron chi connectivity index (χ2n) is 7.93. The SMILES string of the molecule is O=C(NCC(c1ccccc1)N1CCOCC1)C1c2ccccc2Oc2ccccc21. The minimum atomic E-state index is -0.387. The summed E-state index contributed by atoms with van der Waals surface area (Å²) < 4.78 is 11.6. The Morgan fingerprint density at radius 3 is 2.10 bits per heavy atom. The number of amides is 1. The minimum Gasteiger partial charge on any atom is -0.457 e. The van der Waals surface area contributed by atoms with Crippen LogP contribution < -0.4 is 10.1 Å². The zero-order chi connectivity index (χ0) is 21.0. The second-order valence-corrected chi connectivity index (χ2v) is 7.93. The zero-order valence-electron chi connectivity index (χ0n) is 17.4. The normalized spacial score (nSPS) is 17.2. The third-order valence-electron chi connectivity index (χ3n) is 6.08. The maximum atomic E-state index is 13.5. The molecule has 0 spiro atoms. The maximum Gasteiger partial charge on any atom is 0.232 e. The van der Waals surface area contributed by atoms with Crippen molar-refractivity contribution in [3.05, 3.63) is 95.6 Å². The summed E-state index contributed by atoms with van der Waals surface area (Å²) >= 11 is 0. The first-order valence-corrected chi connectivity index (χ1v) is 10.8. The molecule has 0 saturated carbocycles. The first-order valence-electron chi connectivity index (χ1n) is 10.8. The van der Waals surface area contributed by atoms with Crippen LogP contribution in [-0.2, 0) is 9.53 Å². The lowest BCUT2D eigenvalue weighted by atomic mass is 9.87. The molecule has 0 aliphatic carbocycles. The van der Waals surface area contributed by atoms with Crippen molar-refractivity contribution in [2.24, 2.45) is 0 Å². The molecule has 2 heterocycles. The molecule has 1 amide bonds. The lowest BCUT2D eigenvalue weighted by Crippen LogP contribution is -2.44. The van der Waals surface area contributed by atoms with Gasteiger partial charge in [0.2, 0.25) is 5.91 Å². The van der Waals surface area contributed by atoms with Gasteiger partial charge in [-0.2, -0.15) is 0 Å². The molecule has 2 aliphatic rings. The average molecular weight is 415 g/mol. The Hall–Kier alpha value is -3.15. The average Bonchev–Trinajstić information content (AvgIpc) is 2.84. The number of fused-ring (bicyclic) bond motifs is 2. The van der Waals surface area contributed by atoms with Gasteiger partial charge in [0.05, 0.1) is 25.2 Å². The van der Waals surface area contributed by atoms with Crippen molar-refractivity contribution in [1.29, 1.82) is 0 Å². The fourth-order valence-electron chi connectivity index (χ4n) is 4.51. The third kappa shape index (κ3) is 4.07. The van der Waals surface area contributed by atoms with Crippen LogP contribution in [0.15, 0.2) is 78.9 Å². The number of morpholine rings is 1. The molecule has 0 aromatic heterocycles. The van der Waals surface area contributed by atoms with Gasteiger partial charge in [0.1, 0.15) is 11.5 Å². The van der Waals surface area contributed by atoms with Crippen LogP contribution in [0.1, 0.15) is 28.7 Å². The summed E-state index contributed by atoms with van der Waals surface area (Å²) in [4.78, 5) is 15.9. The smallest absolute Gasteiger partial charge is 0.232 e. The van der Waals surface area contributed by atoms with Gasteiger partial charge >= 0.3 is 0 Å². The molecule has 1 fully saturated rings. The van der Waals surface area contributed by atoms with Crippen molar-refractivity contribution < 1.29 is 14.3 Å². The van der Waals surface area contributed by atoms with Crippen molar-refractivity contribution in [3.63, 3.8) is 0 Å². The Balaban J connectivity index is 1.40. The summed E-state index contributed by atoms with van der Waals surface area (Å²) in [6.07, 6.45) is 0. The summed E-state index contributed by atoms with van der Waals surface area (Å²) in [5.74, 6) is 1.10. The summed E-state index contributed by atoms with van der Waals surface area (Å²) in [5, 5.41) is 3.25. The standard InChI is InChI=1S/C26H26N2O3/c29-26(25-20-10-4-6-12-23(20)31-24-13-7-5-11-21(24)25)27-18-22(19-8-2-1-3-9-19)28-14-16-30-17-15-28/h1-13,22,25H,14-18H2,(H,27,29). The van der Waals surface area contributed by atoms with Gasteiger partial charge in [-0.15, -0.1) is 0 Å². The van der Waals surface area contributed by atoms with E-state index in [9.17, 15) is 4.79 Å². The summed E-state index contributed by atoms with van der Waals surface area (Å²) in [7, 11) is 0. The van der Waals surface area contributed by atoms with Crippen LogP contribution in [0.5, 0.6) is 11.5 Å². The number of ether oxygens (including phenoxy) is 2. The van der Waals surface area contributed by atoms with Crippen molar-refractivity contribution in [2.45, 2.75) is 12.0 Å². The van der Waals surface area contributed by atoms with Gasteiger partial charge in [0.15, 0.2) is 0 Å². The number of para-hydroxylation sites is 2. The van der Waals surface area contributed by atoms with E-state index in [0.29, 0.717) is 6.54 Å². The molecule has 0 bridgehead atoms. The number of rotatable bonds is 5. The van der Waals surface area contributed by atoms with Gasteiger partial charge < -0.3 is 14.8 Å². The zero-order valence-corrected chi connectivity index (χ0v) is 17.4. The molecule has 31 heavy (non-hydrogen) atoms. The van der Waals surface area contributed by atoms with Crippen molar-refractivity contribution >= 4 is 5.91 Å². The van der Waals surface area contributed by atoms with Crippen molar-refractivity contribution in [1.82, 2.24) is 10.2 Å². The Labute approximate surface area is 182 Å². The van der Waals surface area contributed by atoms with Crippen LogP contribution in [0.2, 0.25) is 0 Å². The highest BCUT2D eigenvalue weighted by Crippen LogP contribution is 2.43. The summed E-state index contributed by atoms with van der Waals surface area (Å²) in [6, 6.07) is 26.1. The Morgan fingerprint density at radius 2 is 1.45 bits per heavy atom. The van der Waals surface area contributed by atoms with Crippen molar-refractivity contribution in [2.75, 3.05) is 32.8 Å². The molecule has 1 saturated heterocycles. The van der Waals surface area contributed by atoms with Crippen LogP contribution in [0.4, 0.5) is 0 Å². The molecule has 2 aliphatic heterocycles. The van der Waals surface area contributed by atoms with E-state index in [0.717, 1.165) is 48.9 Å². The molecule has 5 nitrogen and oxygen atoms in total. The van der Waals surface area contributed by atoms with Crippen molar-refractivity contribution in [3.8, 4) is 11.5 Å². The van der Waals surface area contributed by atoms with E-state index in [1.165, 1.54) is 5.56 Å². The highest BCUT2D eigenvalue weighted by Gasteiger charge is 2.33. The van der Waals surface area contributed by atoms with Crippen LogP contribution in [-0.4, -0.2) is 43.7 Å². The van der Waals surface area contributed by atoms with E-state index in [-0.39, 0.29) is 17.9 Å². The number of hydrogen-bond acceptors (Lipinski definition) is 4. The van der Waals surface area contributed by atoms with Gasteiger partial charge in [-0.05, 0) is 17.7 Å². The van der Waals surface area contributed by atoms with Gasteiger partial charge in [0.25, 0.3) is 0 Å². The first kappa shape index (κ1) is 19.8. The molecule has 5 rings (SSSR count). The lowest BCUT2D eigenvalue weighted by Gasteiger charge is -2.35. The second kappa shape index (κ2) is 8.92. The van der Waals surface area contributed by atoms with E-state index < -0.39 is 0 Å². The first-order chi connectivity index (χ1) is 15.3. The Morgan fingerprint density at radius 1 is 0.871 bits per heavy atom. The van der Waals surface area contributed by atoms with E-state index in [4.69, 9.17) is 9.47 Å². The molecule has 3 aromatic rings. The number of benzene rings is 3. The molecule has 5 heteroatoms. The number of nitrogens with zero attached hydrogens (tertiary/aromatic N) is 1. The quantitative estimate of drug-likeness (QED) is 0.683. The van der Waals surface area contributed by atoms with Gasteiger partial charge in [-0.1, -0.05) is 66.7 Å². The molecular formula is C26H26N2O3. The number of carbonyl (C=O) groups excluding carboxylic acids is 1. The largest absolute Gasteiger partial charge is 0.457 e. The van der Waals surface area contributed by atoms with Crippen LogP contribution >= 0.6 is 0 Å². The fourth-order valence-corrected chi connectivity index (χ4v) is 4.51. The predicted octanol–water partition coefficient (Wildman–Crippen LogP) is 4.11. The number of carbonyl (C=O) groups is 1. The minimum absolute atomic E-state index is 0.00242. The van der Waals surface area contributed by atoms with E-state index in [1.54, 1.807) is 0 Å². The van der Waals surface area contributed by atoms with E-state index >= 15 is 0 Å². The predicted molar refractivity (Wildman–Crippen MR) is 119 cm³/mol. The highest BCUT2D eigenvalue weighted by atomic mass is 16.5. The Bertz CT molecular complexity index is 1000. The maximum absolute atomic E-state index is 13.5. The molecular weight excluding hydrogens is 388 g/mol. The molecule has 158 valence electrons. The molecule has 3 aromatic carbocycles. The summed E-state index contributed by atoms with van der Waals surface area (Å²) in [6.45, 7) is 3.71. The van der Waals surface area contributed by atoms with Gasteiger partial charge in [-0.25, -0.2) is 0 Å². The molecule has 0 radical (unpaired) electrons. The third-order valence-corrected chi connectivity index (χ3v) is 6.08. The monoisotopic (exact) mass is 414 g/mol. The van der Waals surface area contributed by atoms with Gasteiger partial charge in [-0.3, -0.25) is 9.69 Å². The molecule has 1 N–H and O–H groups in total. The molecule has 1 unspecified atom stereocenters. The van der Waals surface area contributed by atoms with Crippen LogP contribution in [0.25, 0.3) is 0 Å². The van der Waals surface area contributed by atoms with Gasteiger partial charge in [0, 0.05) is 30.8 Å². The fraction of sp³-hybridized carbons (Fsp3) is 0.269.